The standard InChI is InChI=1S/C14H20FN/c1-4-16(5-2)10-6-7-13-11-14(15)9-8-12(13)3/h6-9,11H,4-5,10H2,1-3H3/b7-6-. The molecule has 88 valence electrons. The van der Waals surface area contributed by atoms with Gasteiger partial charge in [0.15, 0.2) is 0 Å². The van der Waals surface area contributed by atoms with E-state index in [0.29, 0.717) is 0 Å². The lowest BCUT2D eigenvalue weighted by Gasteiger charge is -2.14. The van der Waals surface area contributed by atoms with Crippen LogP contribution in [0, 0.1) is 12.7 Å². The Hall–Kier alpha value is -1.15. The predicted octanol–water partition coefficient (Wildman–Crippen LogP) is 3.49. The number of rotatable bonds is 5. The lowest BCUT2D eigenvalue weighted by Crippen LogP contribution is -2.22. The Bertz CT molecular complexity index is 354. The van der Waals surface area contributed by atoms with E-state index in [-0.39, 0.29) is 5.82 Å². The second kappa shape index (κ2) is 6.44. The minimum absolute atomic E-state index is 0.173. The quantitative estimate of drug-likeness (QED) is 0.735. The number of hydrogen-bond donors (Lipinski definition) is 0. The minimum Gasteiger partial charge on any atom is -0.300 e. The first-order valence-electron chi connectivity index (χ1n) is 5.82. The molecule has 0 bridgehead atoms. The molecule has 0 saturated heterocycles. The van der Waals surface area contributed by atoms with Gasteiger partial charge in [0.1, 0.15) is 5.82 Å². The van der Waals surface area contributed by atoms with Gasteiger partial charge in [0.05, 0.1) is 0 Å². The van der Waals surface area contributed by atoms with Crippen molar-refractivity contribution in [3.05, 3.63) is 41.2 Å². The van der Waals surface area contributed by atoms with Gasteiger partial charge in [-0.2, -0.15) is 0 Å². The molecule has 2 heteroatoms. The smallest absolute Gasteiger partial charge is 0.123 e. The zero-order valence-corrected chi connectivity index (χ0v) is 10.3. The second-order valence-corrected chi connectivity index (χ2v) is 3.89. The number of halogens is 1. The molecule has 1 aromatic carbocycles. The second-order valence-electron chi connectivity index (χ2n) is 3.89. The van der Waals surface area contributed by atoms with Crippen molar-refractivity contribution in [3.63, 3.8) is 0 Å². The number of nitrogens with zero attached hydrogens (tertiary/aromatic N) is 1. The molecule has 0 saturated carbocycles. The Morgan fingerprint density at radius 3 is 2.56 bits per heavy atom. The first-order chi connectivity index (χ1) is 7.67. The predicted molar refractivity (Wildman–Crippen MR) is 68.0 cm³/mol. The fourth-order valence-electron chi connectivity index (χ4n) is 1.60. The number of aryl methyl sites for hydroxylation is 1. The molecule has 0 aliphatic rings. The molecule has 0 atom stereocenters. The molecule has 1 rings (SSSR count). The summed E-state index contributed by atoms with van der Waals surface area (Å²) in [5.74, 6) is -0.173. The average Bonchev–Trinajstić information content (AvgIpc) is 2.29. The van der Waals surface area contributed by atoms with E-state index in [1.54, 1.807) is 6.07 Å². The summed E-state index contributed by atoms with van der Waals surface area (Å²) in [5.41, 5.74) is 2.07. The van der Waals surface area contributed by atoms with Gasteiger partial charge in [-0.15, -0.1) is 0 Å². The van der Waals surface area contributed by atoms with Gasteiger partial charge in [0, 0.05) is 6.54 Å². The Morgan fingerprint density at radius 2 is 1.94 bits per heavy atom. The zero-order chi connectivity index (χ0) is 12.0. The minimum atomic E-state index is -0.173. The molecule has 0 heterocycles. The highest BCUT2D eigenvalue weighted by molar-refractivity contribution is 5.53. The largest absolute Gasteiger partial charge is 0.300 e. The third kappa shape index (κ3) is 3.78. The summed E-state index contributed by atoms with van der Waals surface area (Å²) in [6.07, 6.45) is 4.09. The summed E-state index contributed by atoms with van der Waals surface area (Å²) in [4.78, 5) is 2.31. The molecule has 0 aliphatic carbocycles. The van der Waals surface area contributed by atoms with Crippen molar-refractivity contribution < 1.29 is 4.39 Å². The van der Waals surface area contributed by atoms with E-state index in [1.165, 1.54) is 6.07 Å². The lowest BCUT2D eigenvalue weighted by atomic mass is 10.1. The van der Waals surface area contributed by atoms with E-state index in [0.717, 1.165) is 30.8 Å². The molecule has 0 spiro atoms. The van der Waals surface area contributed by atoms with E-state index in [9.17, 15) is 4.39 Å². The lowest BCUT2D eigenvalue weighted by molar-refractivity contribution is 0.338. The van der Waals surface area contributed by atoms with Crippen LogP contribution in [-0.2, 0) is 0 Å². The highest BCUT2D eigenvalue weighted by Gasteiger charge is 1.97. The highest BCUT2D eigenvalue weighted by Crippen LogP contribution is 2.11. The molecule has 0 radical (unpaired) electrons. The fraction of sp³-hybridized carbons (Fsp3) is 0.429. The van der Waals surface area contributed by atoms with Crippen molar-refractivity contribution in [2.24, 2.45) is 0 Å². The Balaban J connectivity index is 2.65. The van der Waals surface area contributed by atoms with Crippen LogP contribution in [0.1, 0.15) is 25.0 Å². The summed E-state index contributed by atoms with van der Waals surface area (Å²) >= 11 is 0. The summed E-state index contributed by atoms with van der Waals surface area (Å²) in [5, 5.41) is 0. The molecule has 16 heavy (non-hydrogen) atoms. The van der Waals surface area contributed by atoms with Gasteiger partial charge in [-0.3, -0.25) is 0 Å². The van der Waals surface area contributed by atoms with E-state index < -0.39 is 0 Å². The Kier molecular flexibility index (Phi) is 5.20. The van der Waals surface area contributed by atoms with Crippen LogP contribution in [-0.4, -0.2) is 24.5 Å². The number of hydrogen-bond acceptors (Lipinski definition) is 1. The first kappa shape index (κ1) is 12.9. The van der Waals surface area contributed by atoms with Gasteiger partial charge >= 0.3 is 0 Å². The SMILES string of the molecule is CCN(CC)C/C=C\c1cc(F)ccc1C. The third-order valence-corrected chi connectivity index (χ3v) is 2.80. The molecule has 0 aliphatic heterocycles. The molecule has 0 N–H and O–H groups in total. The summed E-state index contributed by atoms with van der Waals surface area (Å²) in [6, 6.07) is 4.89. The van der Waals surface area contributed by atoms with Gasteiger partial charge in [0.2, 0.25) is 0 Å². The molecule has 0 amide bonds. The van der Waals surface area contributed by atoms with E-state index >= 15 is 0 Å². The monoisotopic (exact) mass is 221 g/mol. The van der Waals surface area contributed by atoms with Gasteiger partial charge < -0.3 is 4.90 Å². The van der Waals surface area contributed by atoms with Gasteiger partial charge in [-0.1, -0.05) is 32.1 Å². The Labute approximate surface area is 97.6 Å². The van der Waals surface area contributed by atoms with Gasteiger partial charge in [-0.25, -0.2) is 4.39 Å². The number of likely N-dealkylation sites (N-methyl/N-ethyl adjacent to an activating group) is 1. The van der Waals surface area contributed by atoms with Gasteiger partial charge in [0.25, 0.3) is 0 Å². The van der Waals surface area contributed by atoms with E-state index in [2.05, 4.69) is 24.8 Å². The van der Waals surface area contributed by atoms with Crippen LogP contribution in [0.25, 0.3) is 6.08 Å². The third-order valence-electron chi connectivity index (χ3n) is 2.80. The van der Waals surface area contributed by atoms with Crippen LogP contribution in [0.3, 0.4) is 0 Å². The molecular weight excluding hydrogens is 201 g/mol. The topological polar surface area (TPSA) is 3.24 Å². The maximum Gasteiger partial charge on any atom is 0.123 e. The molecule has 0 aromatic heterocycles. The van der Waals surface area contributed by atoms with Crippen molar-refractivity contribution in [2.45, 2.75) is 20.8 Å². The van der Waals surface area contributed by atoms with Crippen LogP contribution < -0.4 is 0 Å². The molecule has 1 aromatic rings. The van der Waals surface area contributed by atoms with E-state index in [1.807, 2.05) is 19.1 Å². The fourth-order valence-corrected chi connectivity index (χ4v) is 1.60. The van der Waals surface area contributed by atoms with Gasteiger partial charge in [-0.05, 0) is 43.3 Å². The van der Waals surface area contributed by atoms with Crippen molar-refractivity contribution in [1.82, 2.24) is 4.90 Å². The molecule has 0 fully saturated rings. The summed E-state index contributed by atoms with van der Waals surface area (Å²) < 4.78 is 13.0. The highest BCUT2D eigenvalue weighted by atomic mass is 19.1. The molecular formula is C14H20FN. The van der Waals surface area contributed by atoms with Crippen LogP contribution >= 0.6 is 0 Å². The maximum absolute atomic E-state index is 13.0. The van der Waals surface area contributed by atoms with Crippen molar-refractivity contribution in [3.8, 4) is 0 Å². The van der Waals surface area contributed by atoms with Crippen LogP contribution in [0.15, 0.2) is 24.3 Å². The average molecular weight is 221 g/mol. The summed E-state index contributed by atoms with van der Waals surface area (Å²) in [7, 11) is 0. The molecule has 1 nitrogen and oxygen atoms in total. The zero-order valence-electron chi connectivity index (χ0n) is 10.3. The van der Waals surface area contributed by atoms with E-state index in [4.69, 9.17) is 0 Å². The normalized spacial score (nSPS) is 11.6. The Morgan fingerprint density at radius 1 is 1.25 bits per heavy atom. The van der Waals surface area contributed by atoms with Crippen LogP contribution in [0.4, 0.5) is 4.39 Å². The van der Waals surface area contributed by atoms with Crippen LogP contribution in [0.2, 0.25) is 0 Å². The number of benzene rings is 1. The van der Waals surface area contributed by atoms with Crippen LogP contribution in [0.5, 0.6) is 0 Å². The first-order valence-corrected chi connectivity index (χ1v) is 5.82. The summed E-state index contributed by atoms with van der Waals surface area (Å²) in [6.45, 7) is 9.29. The molecule has 0 unspecified atom stereocenters. The van der Waals surface area contributed by atoms with Crippen molar-refractivity contribution in [1.29, 1.82) is 0 Å². The van der Waals surface area contributed by atoms with Crippen molar-refractivity contribution >= 4 is 6.08 Å². The maximum atomic E-state index is 13.0. The van der Waals surface area contributed by atoms with Crippen molar-refractivity contribution in [2.75, 3.05) is 19.6 Å².